The van der Waals surface area contributed by atoms with E-state index in [1.54, 1.807) is 13.2 Å². The van der Waals surface area contributed by atoms with Crippen LogP contribution in [0.25, 0.3) is 0 Å². The Morgan fingerprint density at radius 3 is 2.68 bits per heavy atom. The molecule has 1 aromatic rings. The molecule has 190 valence electrons. The van der Waals surface area contributed by atoms with E-state index in [9.17, 15) is 9.59 Å². The number of nitrogens with zero attached hydrogens (tertiary/aromatic N) is 2. The van der Waals surface area contributed by atoms with Crippen LogP contribution in [0, 0.1) is 5.92 Å². The second-order valence-electron chi connectivity index (χ2n) is 9.58. The number of likely N-dealkylation sites (tertiary alicyclic amines) is 2. The molecule has 3 rings (SSSR count). The first-order valence-electron chi connectivity index (χ1n) is 12.2. The lowest BCUT2D eigenvalue weighted by molar-refractivity contribution is -0.138. The van der Waals surface area contributed by atoms with Crippen LogP contribution >= 0.6 is 11.6 Å². The molecular formula is C25H39ClN4O4. The van der Waals surface area contributed by atoms with Gasteiger partial charge in [0.15, 0.2) is 0 Å². The van der Waals surface area contributed by atoms with Crippen molar-refractivity contribution in [3.05, 3.63) is 22.7 Å². The zero-order valence-corrected chi connectivity index (χ0v) is 21.6. The van der Waals surface area contributed by atoms with E-state index in [1.165, 1.54) is 19.6 Å². The standard InChI is InChI=1S/C25H39ClN4O4/c1-16(25(32)30-10-6-5-7-17(30)2)8-11-29-12-9-21(23(15-29)34-4)28-24(31)18-13-19(26)20(27)14-22(18)33-3/h13-14,16-17,21,23H,5-12,15,27H2,1-4H3,(H,28,31). The van der Waals surface area contributed by atoms with Gasteiger partial charge >= 0.3 is 0 Å². The van der Waals surface area contributed by atoms with Gasteiger partial charge in [-0.3, -0.25) is 9.59 Å². The molecular weight excluding hydrogens is 456 g/mol. The molecule has 0 bridgehead atoms. The zero-order chi connectivity index (χ0) is 24.8. The fourth-order valence-corrected chi connectivity index (χ4v) is 5.12. The first kappa shape index (κ1) is 26.6. The summed E-state index contributed by atoms with van der Waals surface area (Å²) in [6.07, 6.45) is 4.83. The molecule has 4 atom stereocenters. The number of methoxy groups -OCH3 is 2. The predicted octanol–water partition coefficient (Wildman–Crippen LogP) is 3.18. The van der Waals surface area contributed by atoms with Gasteiger partial charge in [-0.25, -0.2) is 0 Å². The van der Waals surface area contributed by atoms with Crippen molar-refractivity contribution in [1.29, 1.82) is 0 Å². The lowest BCUT2D eigenvalue weighted by atomic mass is 9.97. The summed E-state index contributed by atoms with van der Waals surface area (Å²) in [6.45, 7) is 7.42. The van der Waals surface area contributed by atoms with Crippen molar-refractivity contribution in [3.8, 4) is 5.75 Å². The summed E-state index contributed by atoms with van der Waals surface area (Å²) in [5.74, 6) is 0.386. The van der Waals surface area contributed by atoms with Gasteiger partial charge in [0.05, 0.1) is 35.5 Å². The number of benzene rings is 1. The number of nitrogen functional groups attached to an aromatic ring is 1. The van der Waals surface area contributed by atoms with Gasteiger partial charge in [-0.2, -0.15) is 0 Å². The maximum atomic E-state index is 13.0. The lowest BCUT2D eigenvalue weighted by Crippen LogP contribution is -2.55. The molecule has 3 N–H and O–H groups in total. The molecule has 2 saturated heterocycles. The van der Waals surface area contributed by atoms with Gasteiger partial charge in [0.2, 0.25) is 5.91 Å². The van der Waals surface area contributed by atoms with E-state index in [0.717, 1.165) is 45.3 Å². The van der Waals surface area contributed by atoms with Gasteiger partial charge in [-0.05, 0) is 51.6 Å². The third-order valence-corrected chi connectivity index (χ3v) is 7.54. The van der Waals surface area contributed by atoms with Crippen molar-refractivity contribution in [2.24, 2.45) is 5.92 Å². The van der Waals surface area contributed by atoms with E-state index >= 15 is 0 Å². The summed E-state index contributed by atoms with van der Waals surface area (Å²) in [4.78, 5) is 30.3. The van der Waals surface area contributed by atoms with E-state index in [4.69, 9.17) is 26.8 Å². The molecule has 0 aliphatic carbocycles. The van der Waals surface area contributed by atoms with E-state index in [-0.39, 0.29) is 29.9 Å². The number of nitrogens with one attached hydrogen (secondary N) is 1. The van der Waals surface area contributed by atoms with E-state index in [0.29, 0.717) is 34.6 Å². The van der Waals surface area contributed by atoms with Gasteiger partial charge in [0, 0.05) is 44.8 Å². The average Bonchev–Trinajstić information content (AvgIpc) is 2.84. The number of hydrogen-bond donors (Lipinski definition) is 2. The summed E-state index contributed by atoms with van der Waals surface area (Å²) >= 11 is 6.13. The SMILES string of the molecule is COc1cc(N)c(Cl)cc1C(=O)NC1CCN(CCC(C)C(=O)N2CCCCC2C)CC1OC. The summed E-state index contributed by atoms with van der Waals surface area (Å²) in [5, 5.41) is 3.39. The molecule has 8 nitrogen and oxygen atoms in total. The fourth-order valence-electron chi connectivity index (χ4n) is 4.96. The Labute approximate surface area is 208 Å². The Morgan fingerprint density at radius 1 is 1.24 bits per heavy atom. The van der Waals surface area contributed by atoms with E-state index < -0.39 is 0 Å². The number of carbonyl (C=O) groups excluding carboxylic acids is 2. The van der Waals surface area contributed by atoms with Crippen LogP contribution in [-0.4, -0.2) is 80.2 Å². The second kappa shape index (κ2) is 12.1. The second-order valence-corrected chi connectivity index (χ2v) is 9.99. The molecule has 9 heteroatoms. The van der Waals surface area contributed by atoms with Crippen LogP contribution < -0.4 is 15.8 Å². The Hall–Kier alpha value is -2.03. The van der Waals surface area contributed by atoms with Crippen molar-refractivity contribution >= 4 is 29.1 Å². The Morgan fingerprint density at radius 2 is 2.00 bits per heavy atom. The molecule has 2 aliphatic rings. The van der Waals surface area contributed by atoms with Crippen molar-refractivity contribution in [2.75, 3.05) is 46.1 Å². The molecule has 2 heterocycles. The number of nitrogens with two attached hydrogens (primary N) is 1. The van der Waals surface area contributed by atoms with E-state index in [1.807, 2.05) is 6.92 Å². The van der Waals surface area contributed by atoms with Crippen LogP contribution in [0.1, 0.15) is 56.3 Å². The summed E-state index contributed by atoms with van der Waals surface area (Å²) in [7, 11) is 3.16. The number of piperidine rings is 2. The van der Waals surface area contributed by atoms with Gasteiger partial charge in [-0.15, -0.1) is 0 Å². The van der Waals surface area contributed by atoms with Crippen LogP contribution in [-0.2, 0) is 9.53 Å². The number of amides is 2. The van der Waals surface area contributed by atoms with Crippen LogP contribution in [0.15, 0.2) is 12.1 Å². The highest BCUT2D eigenvalue weighted by atomic mass is 35.5. The molecule has 2 fully saturated rings. The van der Waals surface area contributed by atoms with E-state index in [2.05, 4.69) is 22.0 Å². The minimum Gasteiger partial charge on any atom is -0.496 e. The van der Waals surface area contributed by atoms with Gasteiger partial charge in [-0.1, -0.05) is 18.5 Å². The first-order chi connectivity index (χ1) is 16.2. The topological polar surface area (TPSA) is 97.1 Å². The maximum Gasteiger partial charge on any atom is 0.255 e. The quantitative estimate of drug-likeness (QED) is 0.539. The molecule has 4 unspecified atom stereocenters. The van der Waals surface area contributed by atoms with Crippen LogP contribution in [0.4, 0.5) is 5.69 Å². The van der Waals surface area contributed by atoms with Crippen molar-refractivity contribution in [3.63, 3.8) is 0 Å². The summed E-state index contributed by atoms with van der Waals surface area (Å²) < 4.78 is 11.0. The fraction of sp³-hybridized carbons (Fsp3) is 0.680. The molecule has 0 spiro atoms. The number of hydrogen-bond acceptors (Lipinski definition) is 6. The highest BCUT2D eigenvalue weighted by molar-refractivity contribution is 6.33. The minimum atomic E-state index is -0.269. The monoisotopic (exact) mass is 494 g/mol. The van der Waals surface area contributed by atoms with Gasteiger partial charge in [0.1, 0.15) is 5.75 Å². The van der Waals surface area contributed by atoms with Crippen LogP contribution in [0.3, 0.4) is 0 Å². The normalized spacial score (nSPS) is 24.5. The lowest BCUT2D eigenvalue weighted by Gasteiger charge is -2.39. The van der Waals surface area contributed by atoms with Crippen molar-refractivity contribution in [2.45, 2.75) is 64.1 Å². The number of carbonyl (C=O) groups is 2. The van der Waals surface area contributed by atoms with Gasteiger partial charge < -0.3 is 30.3 Å². The average molecular weight is 495 g/mol. The number of halogens is 1. The van der Waals surface area contributed by atoms with Gasteiger partial charge in [0.25, 0.3) is 5.91 Å². The molecule has 1 aromatic carbocycles. The number of ether oxygens (including phenoxy) is 2. The summed E-state index contributed by atoms with van der Waals surface area (Å²) in [6, 6.07) is 3.29. The van der Waals surface area contributed by atoms with Crippen LogP contribution in [0.5, 0.6) is 5.75 Å². The predicted molar refractivity (Wildman–Crippen MR) is 134 cm³/mol. The molecule has 2 amide bonds. The summed E-state index contributed by atoms with van der Waals surface area (Å²) in [5.41, 5.74) is 6.54. The third kappa shape index (κ3) is 6.34. The number of rotatable bonds is 8. The Kier molecular flexibility index (Phi) is 9.45. The minimum absolute atomic E-state index is 0.00158. The third-order valence-electron chi connectivity index (χ3n) is 7.21. The molecule has 0 radical (unpaired) electrons. The largest absolute Gasteiger partial charge is 0.496 e. The number of anilines is 1. The van der Waals surface area contributed by atoms with Crippen molar-refractivity contribution in [1.82, 2.24) is 15.1 Å². The van der Waals surface area contributed by atoms with Crippen LogP contribution in [0.2, 0.25) is 5.02 Å². The molecule has 0 saturated carbocycles. The first-order valence-corrected chi connectivity index (χ1v) is 12.6. The molecule has 34 heavy (non-hydrogen) atoms. The maximum absolute atomic E-state index is 13.0. The van der Waals surface area contributed by atoms with Crippen molar-refractivity contribution < 1.29 is 19.1 Å². The molecule has 0 aromatic heterocycles. The highest BCUT2D eigenvalue weighted by Crippen LogP contribution is 2.29. The molecule has 2 aliphatic heterocycles. The highest BCUT2D eigenvalue weighted by Gasteiger charge is 2.32. The zero-order valence-electron chi connectivity index (χ0n) is 20.8. The Bertz CT molecular complexity index is 868. The Balaban J connectivity index is 1.53. The smallest absolute Gasteiger partial charge is 0.255 e.